The standard InChI is InChI=1S/C12H12BrF2NO2/c1-7-6-16(2-3-18-7)12(17)11-9(14)4-8(13)5-10(11)15/h4-5,7H,2-3,6H2,1H3/t7-/m0/s1. The van der Waals surface area contributed by atoms with Crippen LogP contribution in [0.3, 0.4) is 0 Å². The van der Waals surface area contributed by atoms with E-state index in [1.807, 2.05) is 6.92 Å². The van der Waals surface area contributed by atoms with Crippen molar-refractivity contribution >= 4 is 21.8 Å². The minimum atomic E-state index is -0.856. The topological polar surface area (TPSA) is 29.5 Å². The van der Waals surface area contributed by atoms with Crippen molar-refractivity contribution in [1.82, 2.24) is 4.90 Å². The van der Waals surface area contributed by atoms with Crippen LogP contribution in [-0.2, 0) is 4.74 Å². The molecule has 6 heteroatoms. The Kier molecular flexibility index (Phi) is 3.97. The number of ether oxygens (including phenoxy) is 1. The second-order valence-corrected chi connectivity index (χ2v) is 5.09. The number of carbonyl (C=O) groups excluding carboxylic acids is 1. The van der Waals surface area contributed by atoms with Gasteiger partial charge < -0.3 is 9.64 Å². The molecule has 98 valence electrons. The van der Waals surface area contributed by atoms with E-state index in [2.05, 4.69) is 15.9 Å². The third-order valence-corrected chi connectivity index (χ3v) is 3.21. The number of hydrogen-bond donors (Lipinski definition) is 0. The van der Waals surface area contributed by atoms with E-state index >= 15 is 0 Å². The Bertz CT molecular complexity index is 458. The van der Waals surface area contributed by atoms with Crippen molar-refractivity contribution in [2.45, 2.75) is 13.0 Å². The summed E-state index contributed by atoms with van der Waals surface area (Å²) in [4.78, 5) is 13.5. The summed E-state index contributed by atoms with van der Waals surface area (Å²) in [5, 5.41) is 0. The van der Waals surface area contributed by atoms with Crippen LogP contribution in [0.15, 0.2) is 16.6 Å². The third-order valence-electron chi connectivity index (χ3n) is 2.75. The zero-order chi connectivity index (χ0) is 13.3. The summed E-state index contributed by atoms with van der Waals surface area (Å²) in [6, 6.07) is 2.17. The SMILES string of the molecule is C[C@H]1CN(C(=O)c2c(F)cc(Br)cc2F)CCO1. The summed E-state index contributed by atoms with van der Waals surface area (Å²) >= 11 is 2.98. The number of benzene rings is 1. The molecule has 1 fully saturated rings. The highest BCUT2D eigenvalue weighted by Crippen LogP contribution is 2.21. The molecule has 0 aromatic heterocycles. The van der Waals surface area contributed by atoms with Gasteiger partial charge in [-0.2, -0.15) is 0 Å². The fourth-order valence-corrected chi connectivity index (χ4v) is 2.31. The lowest BCUT2D eigenvalue weighted by molar-refractivity contribution is -0.0127. The van der Waals surface area contributed by atoms with Crippen molar-refractivity contribution in [3.63, 3.8) is 0 Å². The number of morpholine rings is 1. The predicted octanol–water partition coefficient (Wildman–Crippen LogP) is 2.59. The maximum absolute atomic E-state index is 13.7. The summed E-state index contributed by atoms with van der Waals surface area (Å²) in [5.74, 6) is -2.34. The van der Waals surface area contributed by atoms with Crippen LogP contribution in [0.5, 0.6) is 0 Å². The van der Waals surface area contributed by atoms with Gasteiger partial charge in [0.05, 0.1) is 12.7 Å². The number of rotatable bonds is 1. The van der Waals surface area contributed by atoms with Gasteiger partial charge in [0.1, 0.15) is 17.2 Å². The second-order valence-electron chi connectivity index (χ2n) is 4.18. The number of amides is 1. The van der Waals surface area contributed by atoms with E-state index in [1.54, 1.807) is 0 Å². The van der Waals surface area contributed by atoms with Crippen molar-refractivity contribution in [1.29, 1.82) is 0 Å². The highest BCUT2D eigenvalue weighted by molar-refractivity contribution is 9.10. The van der Waals surface area contributed by atoms with Gasteiger partial charge in [-0.25, -0.2) is 8.78 Å². The Labute approximate surface area is 112 Å². The summed E-state index contributed by atoms with van der Waals surface area (Å²) in [7, 11) is 0. The van der Waals surface area contributed by atoms with Crippen LogP contribution in [0, 0.1) is 11.6 Å². The van der Waals surface area contributed by atoms with Gasteiger partial charge in [-0.1, -0.05) is 15.9 Å². The fourth-order valence-electron chi connectivity index (χ4n) is 1.91. The zero-order valence-electron chi connectivity index (χ0n) is 9.75. The van der Waals surface area contributed by atoms with E-state index in [9.17, 15) is 13.6 Å². The first-order valence-electron chi connectivity index (χ1n) is 5.54. The van der Waals surface area contributed by atoms with Crippen LogP contribution in [0.2, 0.25) is 0 Å². The van der Waals surface area contributed by atoms with E-state index in [0.29, 0.717) is 19.7 Å². The first-order chi connectivity index (χ1) is 8.49. The van der Waals surface area contributed by atoms with Gasteiger partial charge in [0.25, 0.3) is 5.91 Å². The van der Waals surface area contributed by atoms with E-state index in [-0.39, 0.29) is 10.6 Å². The smallest absolute Gasteiger partial charge is 0.259 e. The molecule has 0 N–H and O–H groups in total. The summed E-state index contributed by atoms with van der Waals surface area (Å²) < 4.78 is 32.9. The van der Waals surface area contributed by atoms with E-state index < -0.39 is 23.1 Å². The van der Waals surface area contributed by atoms with Gasteiger partial charge in [0.15, 0.2) is 0 Å². The largest absolute Gasteiger partial charge is 0.375 e. The Morgan fingerprint density at radius 2 is 2.06 bits per heavy atom. The maximum Gasteiger partial charge on any atom is 0.259 e. The number of carbonyl (C=O) groups is 1. The van der Waals surface area contributed by atoms with E-state index in [4.69, 9.17) is 4.74 Å². The first kappa shape index (κ1) is 13.4. The van der Waals surface area contributed by atoms with Gasteiger partial charge in [-0.05, 0) is 19.1 Å². The van der Waals surface area contributed by atoms with Gasteiger partial charge >= 0.3 is 0 Å². The Hall–Kier alpha value is -1.01. The molecule has 1 heterocycles. The van der Waals surface area contributed by atoms with Crippen molar-refractivity contribution in [3.8, 4) is 0 Å². The third kappa shape index (κ3) is 2.70. The van der Waals surface area contributed by atoms with Crippen molar-refractivity contribution in [2.75, 3.05) is 19.7 Å². The highest BCUT2D eigenvalue weighted by atomic mass is 79.9. The molecule has 0 bridgehead atoms. The lowest BCUT2D eigenvalue weighted by Crippen LogP contribution is -2.45. The van der Waals surface area contributed by atoms with Gasteiger partial charge in [-0.15, -0.1) is 0 Å². The quantitative estimate of drug-likeness (QED) is 0.796. The Morgan fingerprint density at radius 3 is 2.61 bits per heavy atom. The van der Waals surface area contributed by atoms with Crippen LogP contribution >= 0.6 is 15.9 Å². The molecule has 1 aromatic carbocycles. The van der Waals surface area contributed by atoms with Crippen LogP contribution in [-0.4, -0.2) is 36.6 Å². The lowest BCUT2D eigenvalue weighted by atomic mass is 10.1. The normalized spacial score (nSPS) is 20.0. The van der Waals surface area contributed by atoms with Crippen molar-refractivity contribution in [3.05, 3.63) is 33.8 Å². The molecule has 1 aromatic rings. The average Bonchev–Trinajstić information content (AvgIpc) is 2.27. The van der Waals surface area contributed by atoms with Crippen LogP contribution in [0.4, 0.5) is 8.78 Å². The average molecular weight is 320 g/mol. The molecule has 1 atom stereocenters. The molecular formula is C12H12BrF2NO2. The molecule has 0 saturated carbocycles. The van der Waals surface area contributed by atoms with Gasteiger partial charge in [-0.3, -0.25) is 4.79 Å². The molecule has 1 aliphatic rings. The Morgan fingerprint density at radius 1 is 1.44 bits per heavy atom. The molecule has 18 heavy (non-hydrogen) atoms. The van der Waals surface area contributed by atoms with E-state index in [0.717, 1.165) is 12.1 Å². The molecule has 0 unspecified atom stereocenters. The fraction of sp³-hybridized carbons (Fsp3) is 0.417. The summed E-state index contributed by atoms with van der Waals surface area (Å²) in [5.41, 5.74) is -0.507. The van der Waals surface area contributed by atoms with Crippen LogP contribution in [0.1, 0.15) is 17.3 Å². The minimum Gasteiger partial charge on any atom is -0.375 e. The molecule has 2 rings (SSSR count). The number of nitrogens with zero attached hydrogens (tertiary/aromatic N) is 1. The molecule has 1 amide bonds. The molecular weight excluding hydrogens is 308 g/mol. The van der Waals surface area contributed by atoms with E-state index in [1.165, 1.54) is 4.90 Å². The summed E-state index contributed by atoms with van der Waals surface area (Å²) in [6.45, 7) is 2.88. The van der Waals surface area contributed by atoms with Gasteiger partial charge in [0, 0.05) is 17.6 Å². The minimum absolute atomic E-state index is 0.121. The van der Waals surface area contributed by atoms with Gasteiger partial charge in [0.2, 0.25) is 0 Å². The lowest BCUT2D eigenvalue weighted by Gasteiger charge is -2.31. The second kappa shape index (κ2) is 5.32. The number of halogens is 3. The monoisotopic (exact) mass is 319 g/mol. The van der Waals surface area contributed by atoms with Crippen molar-refractivity contribution in [2.24, 2.45) is 0 Å². The molecule has 0 spiro atoms. The molecule has 1 aliphatic heterocycles. The first-order valence-corrected chi connectivity index (χ1v) is 6.33. The molecule has 1 saturated heterocycles. The zero-order valence-corrected chi connectivity index (χ0v) is 11.3. The number of hydrogen-bond acceptors (Lipinski definition) is 2. The van der Waals surface area contributed by atoms with Crippen LogP contribution in [0.25, 0.3) is 0 Å². The highest BCUT2D eigenvalue weighted by Gasteiger charge is 2.27. The van der Waals surface area contributed by atoms with Crippen LogP contribution < -0.4 is 0 Å². The predicted molar refractivity (Wildman–Crippen MR) is 65.4 cm³/mol. The molecule has 0 aliphatic carbocycles. The molecule has 0 radical (unpaired) electrons. The molecule has 3 nitrogen and oxygen atoms in total. The Balaban J connectivity index is 2.28. The summed E-state index contributed by atoms with van der Waals surface area (Å²) in [6.07, 6.45) is -0.121. The van der Waals surface area contributed by atoms with Crippen molar-refractivity contribution < 1.29 is 18.3 Å². The maximum atomic E-state index is 13.7.